The maximum atomic E-state index is 3.98. The molecule has 0 aliphatic carbocycles. The SMILES string of the molecule is CC(C)c1[c-]c(C(C)C)ccc1.C[C-](C)C.[Mo]=[N]c1ccccc1. The molecule has 0 spiro atoms. The summed E-state index contributed by atoms with van der Waals surface area (Å²) in [6, 6.07) is 19.8. The van der Waals surface area contributed by atoms with Crippen LogP contribution in [0.25, 0.3) is 0 Å². The first-order valence-electron chi connectivity index (χ1n) is 8.45. The molecule has 24 heavy (non-hydrogen) atoms. The van der Waals surface area contributed by atoms with E-state index in [0.717, 1.165) is 5.69 Å². The summed E-state index contributed by atoms with van der Waals surface area (Å²) in [6.07, 6.45) is 0. The summed E-state index contributed by atoms with van der Waals surface area (Å²) in [5.41, 5.74) is 3.68. The molecule has 0 aromatic heterocycles. The molecular weight excluding hydrogens is 374 g/mol. The molecule has 2 aromatic carbocycles. The topological polar surface area (TPSA) is 12.4 Å². The van der Waals surface area contributed by atoms with Gasteiger partial charge in [0.2, 0.25) is 0 Å². The van der Waals surface area contributed by atoms with E-state index in [1.807, 2.05) is 30.3 Å². The Balaban J connectivity index is 0.000000379. The van der Waals surface area contributed by atoms with Gasteiger partial charge in [-0.25, -0.2) is 0 Å². The van der Waals surface area contributed by atoms with Crippen LogP contribution in [0.2, 0.25) is 0 Å². The summed E-state index contributed by atoms with van der Waals surface area (Å²) in [4.78, 5) is 0. The van der Waals surface area contributed by atoms with Crippen molar-refractivity contribution in [1.29, 1.82) is 0 Å². The van der Waals surface area contributed by atoms with E-state index >= 15 is 0 Å². The molecule has 0 bridgehead atoms. The van der Waals surface area contributed by atoms with Gasteiger partial charge >= 0.3 is 59.1 Å². The fourth-order valence-corrected chi connectivity index (χ4v) is 1.97. The van der Waals surface area contributed by atoms with E-state index in [2.05, 4.69) is 76.2 Å². The Hall–Kier alpha value is -1.07. The van der Waals surface area contributed by atoms with Crippen LogP contribution in [0.15, 0.2) is 52.0 Å². The Kier molecular flexibility index (Phi) is 12.7. The van der Waals surface area contributed by atoms with E-state index in [-0.39, 0.29) is 0 Å². The first-order chi connectivity index (χ1) is 11.3. The molecule has 0 amide bonds. The summed E-state index contributed by atoms with van der Waals surface area (Å²) in [5.74, 6) is 2.59. The van der Waals surface area contributed by atoms with Crippen molar-refractivity contribution in [2.45, 2.75) is 60.3 Å². The summed E-state index contributed by atoms with van der Waals surface area (Å²) in [5, 5.41) is 0. The van der Waals surface area contributed by atoms with Crippen LogP contribution in [0.1, 0.15) is 71.4 Å². The van der Waals surface area contributed by atoms with Crippen LogP contribution < -0.4 is 0 Å². The third-order valence-corrected chi connectivity index (χ3v) is 3.46. The Morgan fingerprint density at radius 2 is 1.21 bits per heavy atom. The standard InChI is InChI=1S/C12H17.C6H5N.C4H9.Mo/c1-9(2)11-6-5-7-12(8-11)10(3)4;7-6-4-2-1-3-5-6;1-4(2)3;/h5-7,9-10H,1-4H3;1-5H;1-3H3;/q-1;;-1;. The summed E-state index contributed by atoms with van der Waals surface area (Å²) in [6.45, 7) is 15.1. The fraction of sp³-hybridized carbons (Fsp3) is 0.409. The van der Waals surface area contributed by atoms with Crippen molar-refractivity contribution >= 4 is 5.69 Å². The second kappa shape index (κ2) is 13.2. The predicted molar refractivity (Wildman–Crippen MR) is 102 cm³/mol. The number of hydrogen-bond donors (Lipinski definition) is 0. The molecular formula is C22H31MoN-2. The maximum absolute atomic E-state index is 3.98. The van der Waals surface area contributed by atoms with E-state index in [1.54, 1.807) is 19.6 Å². The van der Waals surface area contributed by atoms with Gasteiger partial charge in [0.05, 0.1) is 0 Å². The minimum atomic E-state index is 0.587. The van der Waals surface area contributed by atoms with Gasteiger partial charge in [0.15, 0.2) is 0 Å². The van der Waals surface area contributed by atoms with E-state index in [4.69, 9.17) is 0 Å². The average molecular weight is 405 g/mol. The van der Waals surface area contributed by atoms with Gasteiger partial charge in [-0.15, -0.1) is 0 Å². The van der Waals surface area contributed by atoms with Crippen LogP contribution in [0.3, 0.4) is 0 Å². The normalized spacial score (nSPS) is 9.92. The number of hydrogen-bond acceptors (Lipinski definition) is 1. The fourth-order valence-electron chi connectivity index (χ4n) is 1.67. The molecule has 0 fully saturated rings. The van der Waals surface area contributed by atoms with Crippen LogP contribution in [0, 0.1) is 12.0 Å². The number of benzene rings is 2. The Morgan fingerprint density at radius 1 is 0.792 bits per heavy atom. The first-order valence-corrected chi connectivity index (χ1v) is 9.35. The van der Waals surface area contributed by atoms with Crippen molar-refractivity contribution in [2.24, 2.45) is 3.50 Å². The predicted octanol–water partition coefficient (Wildman–Crippen LogP) is 7.40. The van der Waals surface area contributed by atoms with Crippen molar-refractivity contribution in [2.75, 3.05) is 0 Å². The van der Waals surface area contributed by atoms with Gasteiger partial charge in [0.25, 0.3) is 0 Å². The molecule has 132 valence electrons. The first kappa shape index (κ1) is 22.9. The van der Waals surface area contributed by atoms with E-state index in [0.29, 0.717) is 11.8 Å². The Morgan fingerprint density at radius 3 is 1.50 bits per heavy atom. The molecule has 2 heteroatoms. The molecule has 0 atom stereocenters. The summed E-state index contributed by atoms with van der Waals surface area (Å²) >= 11 is 1.72. The molecule has 1 nitrogen and oxygen atoms in total. The molecule has 0 radical (unpaired) electrons. The second-order valence-electron chi connectivity index (χ2n) is 6.80. The third kappa shape index (κ3) is 11.5. The van der Waals surface area contributed by atoms with Crippen LogP contribution in [0.5, 0.6) is 0 Å². The summed E-state index contributed by atoms with van der Waals surface area (Å²) in [7, 11) is 0. The van der Waals surface area contributed by atoms with E-state index in [9.17, 15) is 0 Å². The number of nitrogens with zero attached hydrogens (tertiary/aromatic N) is 1. The van der Waals surface area contributed by atoms with E-state index < -0.39 is 0 Å². The Bertz CT molecular complexity index is 533. The van der Waals surface area contributed by atoms with Gasteiger partial charge in [-0.1, -0.05) is 27.7 Å². The minimum absolute atomic E-state index is 0.587. The average Bonchev–Trinajstić information content (AvgIpc) is 2.55. The van der Waals surface area contributed by atoms with Gasteiger partial charge in [0.1, 0.15) is 0 Å². The molecule has 2 aromatic rings. The van der Waals surface area contributed by atoms with Crippen molar-refractivity contribution < 1.29 is 19.6 Å². The quantitative estimate of drug-likeness (QED) is 0.373. The zero-order chi connectivity index (χ0) is 18.5. The van der Waals surface area contributed by atoms with Gasteiger partial charge in [-0.3, -0.25) is 0 Å². The molecule has 0 aliphatic rings. The van der Waals surface area contributed by atoms with Crippen LogP contribution in [-0.2, 0) is 19.6 Å². The van der Waals surface area contributed by atoms with Gasteiger partial charge < -0.3 is 5.92 Å². The second-order valence-corrected chi connectivity index (χ2v) is 7.25. The van der Waals surface area contributed by atoms with Crippen molar-refractivity contribution in [1.82, 2.24) is 0 Å². The van der Waals surface area contributed by atoms with Crippen molar-refractivity contribution in [3.63, 3.8) is 0 Å². The zero-order valence-corrected chi connectivity index (χ0v) is 18.1. The van der Waals surface area contributed by atoms with Crippen LogP contribution in [0.4, 0.5) is 5.69 Å². The van der Waals surface area contributed by atoms with Crippen LogP contribution in [-0.4, -0.2) is 0 Å². The van der Waals surface area contributed by atoms with Gasteiger partial charge in [-0.05, 0) is 11.8 Å². The molecule has 0 N–H and O–H groups in total. The molecule has 0 unspecified atom stereocenters. The van der Waals surface area contributed by atoms with Crippen LogP contribution >= 0.6 is 0 Å². The zero-order valence-electron chi connectivity index (χ0n) is 16.1. The molecule has 2 rings (SSSR count). The number of rotatable bonds is 3. The molecule has 0 saturated heterocycles. The van der Waals surface area contributed by atoms with Gasteiger partial charge in [0, 0.05) is 0 Å². The summed E-state index contributed by atoms with van der Waals surface area (Å²) < 4.78 is 3.98. The van der Waals surface area contributed by atoms with Crippen molar-refractivity contribution in [3.05, 3.63) is 71.6 Å². The molecule has 0 saturated carbocycles. The Labute approximate surface area is 160 Å². The van der Waals surface area contributed by atoms with E-state index in [1.165, 1.54) is 17.0 Å². The molecule has 0 aliphatic heterocycles. The molecule has 0 heterocycles. The van der Waals surface area contributed by atoms with Gasteiger partial charge in [-0.2, -0.15) is 56.2 Å². The monoisotopic (exact) mass is 407 g/mol. The van der Waals surface area contributed by atoms with Crippen molar-refractivity contribution in [3.8, 4) is 0 Å². The third-order valence-electron chi connectivity index (χ3n) is 2.95.